The highest BCUT2D eigenvalue weighted by molar-refractivity contribution is 5.85. The summed E-state index contributed by atoms with van der Waals surface area (Å²) >= 11 is 0. The molecular weight excluding hydrogens is 218 g/mol. The average Bonchev–Trinajstić information content (AvgIpc) is 2.36. The van der Waals surface area contributed by atoms with Crippen LogP contribution < -0.4 is 16.4 Å². The van der Waals surface area contributed by atoms with E-state index in [0.717, 1.165) is 25.7 Å². The molecule has 1 aliphatic rings. The van der Waals surface area contributed by atoms with E-state index < -0.39 is 0 Å². The van der Waals surface area contributed by atoms with Crippen molar-refractivity contribution < 1.29 is 9.59 Å². The molecule has 2 amide bonds. The molecule has 0 aromatic carbocycles. The van der Waals surface area contributed by atoms with Gasteiger partial charge >= 0.3 is 0 Å². The summed E-state index contributed by atoms with van der Waals surface area (Å²) in [5.41, 5.74) is 5.54. The van der Waals surface area contributed by atoms with Crippen LogP contribution in [0.1, 0.15) is 32.1 Å². The van der Waals surface area contributed by atoms with E-state index in [1.54, 1.807) is 7.05 Å². The van der Waals surface area contributed by atoms with Crippen molar-refractivity contribution in [3.8, 4) is 0 Å². The van der Waals surface area contributed by atoms with Crippen LogP contribution in [0.4, 0.5) is 0 Å². The zero-order valence-corrected chi connectivity index (χ0v) is 10.5. The lowest BCUT2D eigenvalue weighted by atomic mass is 9.79. The number of rotatable bonds is 5. The number of nitrogens with one attached hydrogen (secondary N) is 2. The quantitative estimate of drug-likeness (QED) is 0.633. The number of hydrogen-bond acceptors (Lipinski definition) is 3. The van der Waals surface area contributed by atoms with Crippen LogP contribution in [-0.2, 0) is 9.59 Å². The molecule has 0 heterocycles. The van der Waals surface area contributed by atoms with Gasteiger partial charge < -0.3 is 16.4 Å². The summed E-state index contributed by atoms with van der Waals surface area (Å²) in [6, 6.07) is 0. The van der Waals surface area contributed by atoms with Gasteiger partial charge in [0.05, 0.1) is 6.54 Å². The monoisotopic (exact) mass is 241 g/mol. The third kappa shape index (κ3) is 4.73. The third-order valence-electron chi connectivity index (χ3n) is 3.43. The number of carbonyl (C=O) groups is 2. The maximum atomic E-state index is 11.8. The molecule has 2 unspecified atom stereocenters. The van der Waals surface area contributed by atoms with Crippen LogP contribution in [0.3, 0.4) is 0 Å². The van der Waals surface area contributed by atoms with E-state index in [2.05, 4.69) is 10.6 Å². The molecule has 0 radical (unpaired) electrons. The fraction of sp³-hybridized carbons (Fsp3) is 0.833. The minimum atomic E-state index is -0.160. The summed E-state index contributed by atoms with van der Waals surface area (Å²) in [5.74, 6) is 0.484. The maximum absolute atomic E-state index is 11.8. The van der Waals surface area contributed by atoms with Gasteiger partial charge in [-0.15, -0.1) is 0 Å². The first-order chi connectivity index (χ1) is 8.17. The molecule has 98 valence electrons. The second-order valence-corrected chi connectivity index (χ2v) is 4.70. The Labute approximate surface area is 103 Å². The van der Waals surface area contributed by atoms with Crippen molar-refractivity contribution in [2.75, 3.05) is 20.1 Å². The molecule has 2 atom stereocenters. The Kier molecular flexibility index (Phi) is 5.97. The van der Waals surface area contributed by atoms with Crippen molar-refractivity contribution in [3.05, 3.63) is 0 Å². The fourth-order valence-corrected chi connectivity index (χ4v) is 2.43. The standard InChI is InChI=1S/C12H23N3O2/c1-14-11(16)8-15-12(17)10-4-2-3-9(7-10)5-6-13/h9-10H,2-8,13H2,1H3,(H,14,16)(H,15,17). The Morgan fingerprint density at radius 3 is 2.76 bits per heavy atom. The Morgan fingerprint density at radius 1 is 1.35 bits per heavy atom. The Balaban J connectivity index is 2.33. The number of carbonyl (C=O) groups excluding carboxylic acids is 2. The number of hydrogen-bond donors (Lipinski definition) is 3. The van der Waals surface area contributed by atoms with Gasteiger partial charge in [0.1, 0.15) is 0 Å². The van der Waals surface area contributed by atoms with Gasteiger partial charge in [0.15, 0.2) is 0 Å². The molecule has 0 aromatic heterocycles. The zero-order chi connectivity index (χ0) is 12.7. The second kappa shape index (κ2) is 7.27. The first kappa shape index (κ1) is 14.0. The van der Waals surface area contributed by atoms with Crippen molar-refractivity contribution in [1.82, 2.24) is 10.6 Å². The molecule has 1 rings (SSSR count). The van der Waals surface area contributed by atoms with Crippen molar-refractivity contribution in [2.45, 2.75) is 32.1 Å². The van der Waals surface area contributed by atoms with E-state index >= 15 is 0 Å². The summed E-state index contributed by atoms with van der Waals surface area (Å²) in [7, 11) is 1.56. The predicted molar refractivity (Wildman–Crippen MR) is 66.2 cm³/mol. The van der Waals surface area contributed by atoms with Crippen LogP contribution >= 0.6 is 0 Å². The molecule has 1 saturated carbocycles. The normalized spacial score (nSPS) is 24.1. The largest absolute Gasteiger partial charge is 0.358 e. The Bertz CT molecular complexity index is 266. The predicted octanol–water partition coefficient (Wildman–Crippen LogP) is 0.00380. The lowest BCUT2D eigenvalue weighted by molar-refractivity contribution is -0.129. The van der Waals surface area contributed by atoms with Crippen LogP contribution in [0.15, 0.2) is 0 Å². The van der Waals surface area contributed by atoms with Gasteiger partial charge in [0.2, 0.25) is 11.8 Å². The highest BCUT2D eigenvalue weighted by Gasteiger charge is 2.26. The molecule has 5 heteroatoms. The van der Waals surface area contributed by atoms with E-state index in [9.17, 15) is 9.59 Å². The highest BCUT2D eigenvalue weighted by atomic mass is 16.2. The number of amides is 2. The van der Waals surface area contributed by atoms with E-state index in [1.165, 1.54) is 6.42 Å². The molecule has 1 aliphatic carbocycles. The van der Waals surface area contributed by atoms with Gasteiger partial charge in [-0.2, -0.15) is 0 Å². The molecule has 4 N–H and O–H groups in total. The van der Waals surface area contributed by atoms with Crippen LogP contribution in [-0.4, -0.2) is 32.0 Å². The van der Waals surface area contributed by atoms with Crippen LogP contribution in [0.2, 0.25) is 0 Å². The van der Waals surface area contributed by atoms with Crippen molar-refractivity contribution in [2.24, 2.45) is 17.6 Å². The molecule has 0 aliphatic heterocycles. The van der Waals surface area contributed by atoms with Gasteiger partial charge in [-0.1, -0.05) is 12.8 Å². The van der Waals surface area contributed by atoms with Crippen molar-refractivity contribution >= 4 is 11.8 Å². The molecule has 17 heavy (non-hydrogen) atoms. The van der Waals surface area contributed by atoms with Gasteiger partial charge in [0.25, 0.3) is 0 Å². The van der Waals surface area contributed by atoms with Crippen molar-refractivity contribution in [1.29, 1.82) is 0 Å². The number of nitrogens with two attached hydrogens (primary N) is 1. The molecule has 0 saturated heterocycles. The van der Waals surface area contributed by atoms with E-state index in [1.807, 2.05) is 0 Å². The van der Waals surface area contributed by atoms with Gasteiger partial charge in [-0.05, 0) is 31.7 Å². The molecule has 0 spiro atoms. The highest BCUT2D eigenvalue weighted by Crippen LogP contribution is 2.30. The Morgan fingerprint density at radius 2 is 2.12 bits per heavy atom. The summed E-state index contributed by atoms with van der Waals surface area (Å²) in [6.45, 7) is 0.768. The lowest BCUT2D eigenvalue weighted by Gasteiger charge is -2.27. The molecule has 5 nitrogen and oxygen atoms in total. The third-order valence-corrected chi connectivity index (χ3v) is 3.43. The SMILES string of the molecule is CNC(=O)CNC(=O)C1CCCC(CCN)C1. The smallest absolute Gasteiger partial charge is 0.239 e. The number of likely N-dealkylation sites (N-methyl/N-ethyl adjacent to an activating group) is 1. The summed E-state index contributed by atoms with van der Waals surface area (Å²) in [5, 5.41) is 5.17. The van der Waals surface area contributed by atoms with Gasteiger partial charge in [-0.25, -0.2) is 0 Å². The van der Waals surface area contributed by atoms with Crippen molar-refractivity contribution in [3.63, 3.8) is 0 Å². The van der Waals surface area contributed by atoms with Gasteiger partial charge in [0, 0.05) is 13.0 Å². The second-order valence-electron chi connectivity index (χ2n) is 4.70. The summed E-state index contributed by atoms with van der Waals surface area (Å²) in [4.78, 5) is 22.9. The van der Waals surface area contributed by atoms with E-state index in [0.29, 0.717) is 12.5 Å². The Hall–Kier alpha value is -1.10. The van der Waals surface area contributed by atoms with E-state index in [-0.39, 0.29) is 24.3 Å². The molecule has 1 fully saturated rings. The molecule has 0 bridgehead atoms. The molecule has 0 aromatic rings. The van der Waals surface area contributed by atoms with Gasteiger partial charge in [-0.3, -0.25) is 9.59 Å². The first-order valence-electron chi connectivity index (χ1n) is 6.35. The minimum absolute atomic E-state index is 0.00956. The first-order valence-corrected chi connectivity index (χ1v) is 6.35. The van der Waals surface area contributed by atoms with Crippen LogP contribution in [0.25, 0.3) is 0 Å². The topological polar surface area (TPSA) is 84.2 Å². The summed E-state index contributed by atoms with van der Waals surface area (Å²) < 4.78 is 0. The molecular formula is C12H23N3O2. The van der Waals surface area contributed by atoms with Crippen LogP contribution in [0.5, 0.6) is 0 Å². The van der Waals surface area contributed by atoms with E-state index in [4.69, 9.17) is 5.73 Å². The summed E-state index contributed by atoms with van der Waals surface area (Å²) in [6.07, 6.45) is 5.11. The average molecular weight is 241 g/mol. The fourth-order valence-electron chi connectivity index (χ4n) is 2.43. The minimum Gasteiger partial charge on any atom is -0.358 e. The zero-order valence-electron chi connectivity index (χ0n) is 10.5. The van der Waals surface area contributed by atoms with Crippen LogP contribution in [0, 0.1) is 11.8 Å². The maximum Gasteiger partial charge on any atom is 0.239 e. The lowest BCUT2D eigenvalue weighted by Crippen LogP contribution is -2.39.